The van der Waals surface area contributed by atoms with Gasteiger partial charge in [-0.15, -0.1) is 0 Å². The van der Waals surface area contributed by atoms with E-state index in [0.29, 0.717) is 0 Å². The highest BCUT2D eigenvalue weighted by molar-refractivity contribution is 5.49. The molecule has 0 aliphatic heterocycles. The van der Waals surface area contributed by atoms with Crippen LogP contribution in [0.25, 0.3) is 0 Å². The van der Waals surface area contributed by atoms with Crippen LogP contribution in [0.2, 0.25) is 0 Å². The molecular formula is C13H24N4. The summed E-state index contributed by atoms with van der Waals surface area (Å²) in [5.74, 6) is 2.91. The lowest BCUT2D eigenvalue weighted by atomic mass is 10.3. The van der Waals surface area contributed by atoms with Crippen LogP contribution in [0.1, 0.15) is 39.9 Å². The van der Waals surface area contributed by atoms with E-state index < -0.39 is 0 Å². The standard InChI is InChI=1S/C13H24N4/c1-5-9-11-15-12(14-6-2)10-13(16-11)17(7-3)8-4/h10H,5-9H2,1-4H3,(H,14,15,16). The van der Waals surface area contributed by atoms with Crippen molar-refractivity contribution in [3.63, 3.8) is 0 Å². The molecule has 0 spiro atoms. The van der Waals surface area contributed by atoms with Crippen LogP contribution in [0.15, 0.2) is 6.07 Å². The van der Waals surface area contributed by atoms with Crippen LogP contribution in [0.5, 0.6) is 0 Å². The normalized spacial score (nSPS) is 10.4. The highest BCUT2D eigenvalue weighted by atomic mass is 15.2. The highest BCUT2D eigenvalue weighted by Gasteiger charge is 2.08. The molecule has 0 atom stereocenters. The van der Waals surface area contributed by atoms with E-state index in [4.69, 9.17) is 0 Å². The minimum Gasteiger partial charge on any atom is -0.370 e. The molecular weight excluding hydrogens is 212 g/mol. The van der Waals surface area contributed by atoms with E-state index in [-0.39, 0.29) is 0 Å². The van der Waals surface area contributed by atoms with Gasteiger partial charge in [0, 0.05) is 32.1 Å². The average molecular weight is 236 g/mol. The molecule has 0 unspecified atom stereocenters. The molecule has 4 heteroatoms. The molecule has 0 aromatic carbocycles. The van der Waals surface area contributed by atoms with Crippen molar-refractivity contribution in [3.8, 4) is 0 Å². The zero-order valence-corrected chi connectivity index (χ0v) is 11.5. The topological polar surface area (TPSA) is 41.1 Å². The molecule has 0 aliphatic carbocycles. The third-order valence-corrected chi connectivity index (χ3v) is 2.68. The molecule has 0 saturated carbocycles. The maximum atomic E-state index is 4.62. The third-order valence-electron chi connectivity index (χ3n) is 2.68. The maximum Gasteiger partial charge on any atom is 0.134 e. The average Bonchev–Trinajstić information content (AvgIpc) is 2.31. The van der Waals surface area contributed by atoms with E-state index in [9.17, 15) is 0 Å². The zero-order valence-electron chi connectivity index (χ0n) is 11.5. The number of anilines is 2. The Hall–Kier alpha value is -1.32. The smallest absolute Gasteiger partial charge is 0.134 e. The molecule has 1 heterocycles. The molecule has 0 fully saturated rings. The van der Waals surface area contributed by atoms with Gasteiger partial charge < -0.3 is 10.2 Å². The van der Waals surface area contributed by atoms with Crippen LogP contribution in [0.4, 0.5) is 11.6 Å². The molecule has 1 aromatic heterocycles. The van der Waals surface area contributed by atoms with E-state index in [1.54, 1.807) is 0 Å². The van der Waals surface area contributed by atoms with Crippen molar-refractivity contribution in [2.24, 2.45) is 0 Å². The van der Waals surface area contributed by atoms with Crippen molar-refractivity contribution in [1.29, 1.82) is 0 Å². The predicted molar refractivity (Wildman–Crippen MR) is 73.8 cm³/mol. The van der Waals surface area contributed by atoms with Gasteiger partial charge in [0.2, 0.25) is 0 Å². The van der Waals surface area contributed by atoms with Gasteiger partial charge in [-0.05, 0) is 27.2 Å². The SMILES string of the molecule is CCCc1nc(NCC)cc(N(CC)CC)n1. The van der Waals surface area contributed by atoms with Crippen LogP contribution in [0, 0.1) is 0 Å². The summed E-state index contributed by atoms with van der Waals surface area (Å²) in [4.78, 5) is 11.4. The monoisotopic (exact) mass is 236 g/mol. The van der Waals surface area contributed by atoms with Gasteiger partial charge in [-0.1, -0.05) is 6.92 Å². The molecule has 0 aliphatic rings. The number of hydrogen-bond donors (Lipinski definition) is 1. The largest absolute Gasteiger partial charge is 0.370 e. The van der Waals surface area contributed by atoms with Crippen LogP contribution in [-0.2, 0) is 6.42 Å². The Morgan fingerprint density at radius 1 is 1.12 bits per heavy atom. The minimum atomic E-state index is 0.889. The van der Waals surface area contributed by atoms with Gasteiger partial charge in [0.05, 0.1) is 0 Å². The van der Waals surface area contributed by atoms with Crippen molar-refractivity contribution < 1.29 is 0 Å². The summed E-state index contributed by atoms with van der Waals surface area (Å²) in [7, 11) is 0. The molecule has 4 nitrogen and oxygen atoms in total. The summed E-state index contributed by atoms with van der Waals surface area (Å²) >= 11 is 0. The van der Waals surface area contributed by atoms with Crippen LogP contribution in [0.3, 0.4) is 0 Å². The second-order valence-electron chi connectivity index (χ2n) is 3.98. The lowest BCUT2D eigenvalue weighted by molar-refractivity contribution is 0.797. The highest BCUT2D eigenvalue weighted by Crippen LogP contribution is 2.16. The molecule has 17 heavy (non-hydrogen) atoms. The number of nitrogens with zero attached hydrogens (tertiary/aromatic N) is 3. The molecule has 1 N–H and O–H groups in total. The van der Waals surface area contributed by atoms with Gasteiger partial charge in [0.15, 0.2) is 0 Å². The summed E-state index contributed by atoms with van der Waals surface area (Å²) in [6.07, 6.45) is 2.01. The fraction of sp³-hybridized carbons (Fsp3) is 0.692. The van der Waals surface area contributed by atoms with E-state index in [1.807, 2.05) is 6.07 Å². The van der Waals surface area contributed by atoms with Crippen LogP contribution in [-0.4, -0.2) is 29.6 Å². The van der Waals surface area contributed by atoms with Gasteiger partial charge >= 0.3 is 0 Å². The molecule has 0 bridgehead atoms. The Morgan fingerprint density at radius 2 is 1.82 bits per heavy atom. The Morgan fingerprint density at radius 3 is 2.35 bits per heavy atom. The Kier molecular flexibility index (Phi) is 5.73. The number of nitrogens with one attached hydrogen (secondary N) is 1. The van der Waals surface area contributed by atoms with E-state index in [1.165, 1.54) is 0 Å². The van der Waals surface area contributed by atoms with Crippen molar-refractivity contribution in [1.82, 2.24) is 9.97 Å². The van der Waals surface area contributed by atoms with E-state index in [2.05, 4.69) is 47.9 Å². The number of hydrogen-bond acceptors (Lipinski definition) is 4. The fourth-order valence-corrected chi connectivity index (χ4v) is 1.80. The van der Waals surface area contributed by atoms with Crippen molar-refractivity contribution in [2.45, 2.75) is 40.5 Å². The first-order chi connectivity index (χ1) is 8.24. The summed E-state index contributed by atoms with van der Waals surface area (Å²) in [6, 6.07) is 2.04. The van der Waals surface area contributed by atoms with Crippen LogP contribution >= 0.6 is 0 Å². The molecule has 96 valence electrons. The summed E-state index contributed by atoms with van der Waals surface area (Å²) in [5, 5.41) is 3.27. The molecule has 0 radical (unpaired) electrons. The summed E-state index contributed by atoms with van der Waals surface area (Å²) in [5.41, 5.74) is 0. The Balaban J connectivity index is 3.01. The summed E-state index contributed by atoms with van der Waals surface area (Å²) in [6.45, 7) is 11.4. The van der Waals surface area contributed by atoms with E-state index >= 15 is 0 Å². The van der Waals surface area contributed by atoms with Crippen molar-refractivity contribution in [3.05, 3.63) is 11.9 Å². The first kappa shape index (κ1) is 13.7. The fourth-order valence-electron chi connectivity index (χ4n) is 1.80. The van der Waals surface area contributed by atoms with Gasteiger partial charge in [0.25, 0.3) is 0 Å². The quantitative estimate of drug-likeness (QED) is 0.790. The molecule has 0 amide bonds. The maximum absolute atomic E-state index is 4.62. The first-order valence-corrected chi connectivity index (χ1v) is 6.61. The lowest BCUT2D eigenvalue weighted by Crippen LogP contribution is -2.24. The number of aryl methyl sites for hydroxylation is 1. The Bertz CT molecular complexity index is 310. The molecule has 1 rings (SSSR count). The van der Waals surface area contributed by atoms with Gasteiger partial charge in [-0.2, -0.15) is 0 Å². The molecule has 0 saturated heterocycles. The van der Waals surface area contributed by atoms with Crippen molar-refractivity contribution in [2.75, 3.05) is 29.9 Å². The minimum absolute atomic E-state index is 0.889. The lowest BCUT2D eigenvalue weighted by Gasteiger charge is -2.21. The molecule has 1 aromatic rings. The van der Waals surface area contributed by atoms with Crippen LogP contribution < -0.4 is 10.2 Å². The van der Waals surface area contributed by atoms with Crippen molar-refractivity contribution >= 4 is 11.6 Å². The Labute approximate surface area is 104 Å². The van der Waals surface area contributed by atoms with Gasteiger partial charge in [0.1, 0.15) is 17.5 Å². The number of rotatable bonds is 7. The van der Waals surface area contributed by atoms with Gasteiger partial charge in [-0.3, -0.25) is 0 Å². The zero-order chi connectivity index (χ0) is 12.7. The summed E-state index contributed by atoms with van der Waals surface area (Å²) < 4.78 is 0. The second kappa shape index (κ2) is 7.09. The first-order valence-electron chi connectivity index (χ1n) is 6.61. The van der Waals surface area contributed by atoms with Gasteiger partial charge in [-0.25, -0.2) is 9.97 Å². The number of aromatic nitrogens is 2. The van der Waals surface area contributed by atoms with E-state index in [0.717, 1.165) is 49.9 Å². The predicted octanol–water partition coefficient (Wildman–Crippen LogP) is 2.71. The third kappa shape index (κ3) is 3.88. The second-order valence-corrected chi connectivity index (χ2v) is 3.98.